The largest absolute Gasteiger partial charge is 0.462 e. The summed E-state index contributed by atoms with van der Waals surface area (Å²) in [6.45, 7) is 6.35. The Morgan fingerprint density at radius 1 is 0.468 bits per heavy atom. The summed E-state index contributed by atoms with van der Waals surface area (Å²) < 4.78 is 5.90. The van der Waals surface area contributed by atoms with E-state index in [-0.39, 0.29) is 24.9 Å². The van der Waals surface area contributed by atoms with Crippen molar-refractivity contribution in [2.75, 3.05) is 6.61 Å². The minimum Gasteiger partial charge on any atom is -0.462 e. The van der Waals surface area contributed by atoms with Crippen LogP contribution in [0.15, 0.2) is 72.9 Å². The van der Waals surface area contributed by atoms with Crippen LogP contribution in [0, 0.1) is 0 Å². The van der Waals surface area contributed by atoms with E-state index in [4.69, 9.17) is 4.74 Å². The second kappa shape index (κ2) is 49.3. The van der Waals surface area contributed by atoms with Gasteiger partial charge in [-0.05, 0) is 64.2 Å². The minimum atomic E-state index is -0.798. The van der Waals surface area contributed by atoms with Gasteiger partial charge in [0.15, 0.2) is 0 Å². The molecule has 0 aliphatic carbocycles. The molecule has 6 nitrogen and oxygen atoms in total. The molecule has 0 spiro atoms. The molecule has 0 fully saturated rings. The Morgan fingerprint density at radius 2 is 0.887 bits per heavy atom. The highest BCUT2D eigenvalue weighted by atomic mass is 16.5. The molecule has 0 aromatic carbocycles. The van der Waals surface area contributed by atoms with Gasteiger partial charge < -0.3 is 20.3 Å². The zero-order valence-corrected chi connectivity index (χ0v) is 40.7. The molecule has 0 aromatic heterocycles. The molecular weight excluding hydrogens is 767 g/mol. The molecule has 0 aromatic rings. The van der Waals surface area contributed by atoms with Crippen LogP contribution >= 0.6 is 0 Å². The third-order valence-corrected chi connectivity index (χ3v) is 11.6. The van der Waals surface area contributed by atoms with E-state index in [1.807, 2.05) is 24.3 Å². The molecule has 358 valence electrons. The van der Waals surface area contributed by atoms with Crippen LogP contribution in [0.2, 0.25) is 0 Å². The first-order valence-electron chi connectivity index (χ1n) is 26.2. The molecule has 0 aliphatic rings. The number of rotatable bonds is 46. The average Bonchev–Trinajstić information content (AvgIpc) is 3.26. The van der Waals surface area contributed by atoms with Gasteiger partial charge in [0, 0.05) is 6.42 Å². The summed E-state index contributed by atoms with van der Waals surface area (Å²) in [4.78, 5) is 26.1. The molecular formula is C56H99NO5. The number of carbonyl (C=O) groups is 2. The highest BCUT2D eigenvalue weighted by Crippen LogP contribution is 2.17. The van der Waals surface area contributed by atoms with Crippen LogP contribution in [0.4, 0.5) is 0 Å². The van der Waals surface area contributed by atoms with E-state index < -0.39 is 18.2 Å². The van der Waals surface area contributed by atoms with E-state index in [0.717, 1.165) is 96.3 Å². The third-order valence-electron chi connectivity index (χ3n) is 11.6. The van der Waals surface area contributed by atoms with Crippen molar-refractivity contribution >= 4 is 11.9 Å². The van der Waals surface area contributed by atoms with Crippen LogP contribution < -0.4 is 5.32 Å². The van der Waals surface area contributed by atoms with Crippen molar-refractivity contribution in [1.29, 1.82) is 0 Å². The van der Waals surface area contributed by atoms with Crippen molar-refractivity contribution in [3.63, 3.8) is 0 Å². The first-order chi connectivity index (χ1) is 30.5. The molecule has 0 bridgehead atoms. The maximum Gasteiger partial charge on any atom is 0.306 e. The fourth-order valence-corrected chi connectivity index (χ4v) is 7.62. The fraction of sp³-hybridized carbons (Fsp3) is 0.750. The van der Waals surface area contributed by atoms with Crippen molar-refractivity contribution < 1.29 is 24.5 Å². The van der Waals surface area contributed by atoms with Gasteiger partial charge in [-0.1, -0.05) is 241 Å². The fourth-order valence-electron chi connectivity index (χ4n) is 7.62. The molecule has 3 unspecified atom stereocenters. The molecule has 0 heterocycles. The van der Waals surface area contributed by atoms with E-state index in [1.165, 1.54) is 103 Å². The van der Waals surface area contributed by atoms with E-state index in [2.05, 4.69) is 74.7 Å². The van der Waals surface area contributed by atoms with Gasteiger partial charge >= 0.3 is 5.97 Å². The number of aliphatic hydroxyl groups is 2. The van der Waals surface area contributed by atoms with E-state index >= 15 is 0 Å². The predicted molar refractivity (Wildman–Crippen MR) is 268 cm³/mol. The molecule has 1 amide bonds. The van der Waals surface area contributed by atoms with Gasteiger partial charge in [0.25, 0.3) is 0 Å². The lowest BCUT2D eigenvalue weighted by atomic mass is 10.0. The molecule has 0 saturated heterocycles. The Morgan fingerprint density at radius 3 is 1.42 bits per heavy atom. The number of aliphatic hydroxyl groups excluding tert-OH is 2. The topological polar surface area (TPSA) is 95.9 Å². The lowest BCUT2D eigenvalue weighted by Gasteiger charge is -2.24. The van der Waals surface area contributed by atoms with Crippen LogP contribution in [0.3, 0.4) is 0 Å². The van der Waals surface area contributed by atoms with Gasteiger partial charge in [0.1, 0.15) is 6.10 Å². The summed E-state index contributed by atoms with van der Waals surface area (Å²) in [6.07, 6.45) is 62.5. The summed E-state index contributed by atoms with van der Waals surface area (Å²) in [5.74, 6) is -0.521. The van der Waals surface area contributed by atoms with E-state index in [0.29, 0.717) is 19.3 Å². The summed E-state index contributed by atoms with van der Waals surface area (Å²) in [5.41, 5.74) is 0. The number of unbranched alkanes of at least 4 members (excludes halogenated alkanes) is 26. The summed E-state index contributed by atoms with van der Waals surface area (Å²) >= 11 is 0. The SMILES string of the molecule is CCC/C=C/C=C/C=C/C=C/C=C/CCCCCCCC(=O)OC(CCCCC/C=C\CCCC)CC(=O)NC(CO)C(O)CCCCCCCCCCCCCCCCCC. The zero-order valence-electron chi connectivity index (χ0n) is 40.7. The van der Waals surface area contributed by atoms with Gasteiger partial charge in [-0.15, -0.1) is 0 Å². The molecule has 0 aliphatic heterocycles. The number of esters is 1. The van der Waals surface area contributed by atoms with Crippen LogP contribution in [0.25, 0.3) is 0 Å². The highest BCUT2D eigenvalue weighted by Gasteiger charge is 2.24. The molecule has 0 radical (unpaired) electrons. The predicted octanol–water partition coefficient (Wildman–Crippen LogP) is 15.8. The maximum absolute atomic E-state index is 13.2. The lowest BCUT2D eigenvalue weighted by molar-refractivity contribution is -0.151. The van der Waals surface area contributed by atoms with Gasteiger partial charge in [0.2, 0.25) is 5.91 Å². The molecule has 62 heavy (non-hydrogen) atoms. The van der Waals surface area contributed by atoms with E-state index in [1.54, 1.807) is 0 Å². The number of hydrogen-bond donors (Lipinski definition) is 3. The van der Waals surface area contributed by atoms with Crippen LogP contribution in [0.1, 0.15) is 245 Å². The van der Waals surface area contributed by atoms with Gasteiger partial charge in [-0.2, -0.15) is 0 Å². The van der Waals surface area contributed by atoms with Crippen molar-refractivity contribution in [2.45, 2.75) is 264 Å². The van der Waals surface area contributed by atoms with Crippen LogP contribution in [-0.4, -0.2) is 46.9 Å². The number of allylic oxidation sites excluding steroid dienone is 12. The van der Waals surface area contributed by atoms with Crippen molar-refractivity contribution in [3.05, 3.63) is 72.9 Å². The second-order valence-corrected chi connectivity index (χ2v) is 17.7. The average molecular weight is 866 g/mol. The zero-order chi connectivity index (χ0) is 45.2. The third kappa shape index (κ3) is 43.9. The van der Waals surface area contributed by atoms with Gasteiger partial charge in [-0.3, -0.25) is 9.59 Å². The first kappa shape index (κ1) is 59.3. The molecule has 3 atom stereocenters. The van der Waals surface area contributed by atoms with Crippen molar-refractivity contribution in [3.8, 4) is 0 Å². The quantitative estimate of drug-likeness (QED) is 0.0245. The molecule has 3 N–H and O–H groups in total. The highest BCUT2D eigenvalue weighted by molar-refractivity contribution is 5.77. The van der Waals surface area contributed by atoms with Gasteiger partial charge in [-0.25, -0.2) is 0 Å². The maximum atomic E-state index is 13.2. The Bertz CT molecular complexity index is 1150. The number of nitrogens with one attached hydrogen (secondary N) is 1. The minimum absolute atomic E-state index is 0.0533. The Kier molecular flexibility index (Phi) is 47.2. The van der Waals surface area contributed by atoms with Crippen molar-refractivity contribution in [2.24, 2.45) is 0 Å². The Labute approximate surface area is 383 Å². The molecule has 6 heteroatoms. The monoisotopic (exact) mass is 866 g/mol. The summed E-state index contributed by atoms with van der Waals surface area (Å²) in [6, 6.07) is -0.714. The molecule has 0 rings (SSSR count). The summed E-state index contributed by atoms with van der Waals surface area (Å²) in [5, 5.41) is 23.8. The number of amides is 1. The van der Waals surface area contributed by atoms with Crippen molar-refractivity contribution in [1.82, 2.24) is 5.32 Å². The van der Waals surface area contributed by atoms with Crippen LogP contribution in [0.5, 0.6) is 0 Å². The first-order valence-corrected chi connectivity index (χ1v) is 26.2. The number of carbonyl (C=O) groups excluding carboxylic acids is 2. The Hall–Kier alpha value is -2.70. The van der Waals surface area contributed by atoms with Gasteiger partial charge in [0.05, 0.1) is 25.2 Å². The lowest BCUT2D eigenvalue weighted by Crippen LogP contribution is -2.46. The smallest absolute Gasteiger partial charge is 0.306 e. The number of ether oxygens (including phenoxy) is 1. The number of hydrogen-bond acceptors (Lipinski definition) is 5. The standard InChI is InChI=1S/C56H99NO5/c1-4-7-10-13-16-19-21-23-25-27-28-30-32-34-37-40-43-46-49-56(61)62-52(47-44-41-38-35-18-15-12-9-6-3)50-55(60)57-53(51-58)54(59)48-45-42-39-36-33-31-29-26-24-22-20-17-14-11-8-5-2/h10,13,15-16,18-19,21,23,25,27-28,30,52-54,58-59H,4-9,11-12,14,17,20,22,24,26,29,31-51H2,1-3H3,(H,57,60)/b13-10+,18-15-,19-16+,23-21+,27-25+,30-28+. The Balaban J connectivity index is 4.50. The van der Waals surface area contributed by atoms with Crippen LogP contribution in [-0.2, 0) is 14.3 Å². The normalized spacial score (nSPS) is 13.8. The second-order valence-electron chi connectivity index (χ2n) is 17.7. The summed E-state index contributed by atoms with van der Waals surface area (Å²) in [7, 11) is 0. The molecule has 0 saturated carbocycles. The van der Waals surface area contributed by atoms with E-state index in [9.17, 15) is 19.8 Å².